The quantitative estimate of drug-likeness (QED) is 0.318. The van der Waals surface area contributed by atoms with E-state index >= 15 is 0 Å². The first-order valence-corrected chi connectivity index (χ1v) is 9.44. The molecule has 0 bridgehead atoms. The lowest BCUT2D eigenvalue weighted by molar-refractivity contribution is -0.384. The molecule has 2 aromatic carbocycles. The zero-order chi connectivity index (χ0) is 21.5. The Morgan fingerprint density at radius 2 is 1.90 bits per heavy atom. The van der Waals surface area contributed by atoms with Crippen LogP contribution in [0.3, 0.4) is 0 Å². The minimum atomic E-state index is -0.485. The molecule has 0 aliphatic carbocycles. The molecule has 2 N–H and O–H groups in total. The number of carbonyl (C=O) groups excluding carboxylic acids is 1. The lowest BCUT2D eigenvalue weighted by atomic mass is 10.1. The van der Waals surface area contributed by atoms with Gasteiger partial charge in [0.1, 0.15) is 17.7 Å². The molecular weight excluding hydrogens is 389 g/mol. The van der Waals surface area contributed by atoms with Crippen LogP contribution in [0.1, 0.15) is 30.3 Å². The van der Waals surface area contributed by atoms with Gasteiger partial charge in [0, 0.05) is 50.2 Å². The highest BCUT2D eigenvalue weighted by molar-refractivity contribution is 5.76. The summed E-state index contributed by atoms with van der Waals surface area (Å²) in [6, 6.07) is 11.6. The van der Waals surface area contributed by atoms with Crippen LogP contribution in [0.15, 0.2) is 60.9 Å². The molecular formula is C21H22FN5O3. The summed E-state index contributed by atoms with van der Waals surface area (Å²) in [5.41, 5.74) is 1.52. The normalized spacial score (nSPS) is 11.7. The lowest BCUT2D eigenvalue weighted by Gasteiger charge is -2.19. The molecule has 3 rings (SSSR count). The van der Waals surface area contributed by atoms with Gasteiger partial charge in [-0.3, -0.25) is 14.9 Å². The van der Waals surface area contributed by atoms with Crippen molar-refractivity contribution < 1.29 is 14.1 Å². The molecule has 0 spiro atoms. The van der Waals surface area contributed by atoms with E-state index in [-0.39, 0.29) is 23.8 Å². The van der Waals surface area contributed by atoms with Crippen LogP contribution in [0.5, 0.6) is 0 Å². The highest BCUT2D eigenvalue weighted by Gasteiger charge is 2.20. The van der Waals surface area contributed by atoms with Crippen molar-refractivity contribution in [1.29, 1.82) is 0 Å². The van der Waals surface area contributed by atoms with Crippen molar-refractivity contribution in [2.24, 2.45) is 7.05 Å². The third kappa shape index (κ3) is 5.40. The summed E-state index contributed by atoms with van der Waals surface area (Å²) in [7, 11) is 1.83. The second-order valence-corrected chi connectivity index (χ2v) is 6.78. The minimum absolute atomic E-state index is 0.0287. The Morgan fingerprint density at radius 1 is 1.20 bits per heavy atom. The van der Waals surface area contributed by atoms with Crippen molar-refractivity contribution in [1.82, 2.24) is 14.9 Å². The van der Waals surface area contributed by atoms with E-state index in [1.807, 2.05) is 11.6 Å². The maximum atomic E-state index is 13.3. The van der Waals surface area contributed by atoms with E-state index < -0.39 is 11.0 Å². The van der Waals surface area contributed by atoms with Gasteiger partial charge in [0.05, 0.1) is 4.92 Å². The summed E-state index contributed by atoms with van der Waals surface area (Å²) in [5, 5.41) is 16.8. The van der Waals surface area contributed by atoms with E-state index in [0.29, 0.717) is 18.8 Å². The number of nitro groups is 1. The van der Waals surface area contributed by atoms with E-state index in [2.05, 4.69) is 15.6 Å². The molecule has 1 unspecified atom stereocenters. The molecule has 156 valence electrons. The van der Waals surface area contributed by atoms with Gasteiger partial charge in [0.15, 0.2) is 0 Å². The number of imidazole rings is 1. The average Bonchev–Trinajstić information content (AvgIpc) is 3.16. The van der Waals surface area contributed by atoms with Gasteiger partial charge < -0.3 is 15.2 Å². The fourth-order valence-corrected chi connectivity index (χ4v) is 3.02. The Labute approximate surface area is 172 Å². The van der Waals surface area contributed by atoms with E-state index in [4.69, 9.17) is 0 Å². The Morgan fingerprint density at radius 3 is 2.50 bits per heavy atom. The van der Waals surface area contributed by atoms with Crippen LogP contribution in [0.4, 0.5) is 15.8 Å². The van der Waals surface area contributed by atoms with Crippen LogP contribution in [-0.4, -0.2) is 26.9 Å². The molecule has 0 saturated heterocycles. The van der Waals surface area contributed by atoms with E-state index in [1.165, 1.54) is 24.3 Å². The Balaban J connectivity index is 1.55. The number of aryl methyl sites for hydroxylation is 1. The second kappa shape index (κ2) is 9.64. The molecule has 0 saturated carbocycles. The molecule has 1 atom stereocenters. The molecule has 3 aromatic rings. The summed E-state index contributed by atoms with van der Waals surface area (Å²) in [6.07, 6.45) is 4.28. The summed E-state index contributed by atoms with van der Waals surface area (Å²) in [4.78, 5) is 27.0. The summed E-state index contributed by atoms with van der Waals surface area (Å²) in [5.74, 6) is 0.151. The monoisotopic (exact) mass is 411 g/mol. The number of anilines is 1. The molecule has 0 aliphatic rings. The number of rotatable bonds is 9. The molecule has 30 heavy (non-hydrogen) atoms. The average molecular weight is 411 g/mol. The summed E-state index contributed by atoms with van der Waals surface area (Å²) >= 11 is 0. The van der Waals surface area contributed by atoms with Gasteiger partial charge in [-0.25, -0.2) is 9.37 Å². The van der Waals surface area contributed by atoms with Crippen molar-refractivity contribution >= 4 is 17.3 Å². The molecule has 9 heteroatoms. The van der Waals surface area contributed by atoms with Crippen LogP contribution in [0.2, 0.25) is 0 Å². The fourth-order valence-electron chi connectivity index (χ4n) is 3.02. The number of nitrogens with one attached hydrogen (secondary N) is 2. The van der Waals surface area contributed by atoms with Crippen molar-refractivity contribution in [2.75, 3.05) is 11.9 Å². The number of benzene rings is 2. The predicted molar refractivity (Wildman–Crippen MR) is 110 cm³/mol. The van der Waals surface area contributed by atoms with Crippen LogP contribution < -0.4 is 10.6 Å². The molecule has 1 amide bonds. The third-order valence-corrected chi connectivity index (χ3v) is 4.61. The van der Waals surface area contributed by atoms with Gasteiger partial charge in [0.2, 0.25) is 5.91 Å². The van der Waals surface area contributed by atoms with Crippen molar-refractivity contribution in [3.8, 4) is 0 Å². The molecule has 0 fully saturated rings. The molecule has 1 aromatic heterocycles. The van der Waals surface area contributed by atoms with E-state index in [1.54, 1.807) is 36.7 Å². The Hall–Kier alpha value is -3.75. The molecule has 8 nitrogen and oxygen atoms in total. The van der Waals surface area contributed by atoms with E-state index in [0.717, 1.165) is 11.3 Å². The highest BCUT2D eigenvalue weighted by atomic mass is 19.1. The Bertz CT molecular complexity index is 1000. The lowest BCUT2D eigenvalue weighted by Crippen LogP contribution is -2.31. The van der Waals surface area contributed by atoms with Crippen LogP contribution in [0.25, 0.3) is 0 Å². The number of aromatic nitrogens is 2. The van der Waals surface area contributed by atoms with Crippen LogP contribution >= 0.6 is 0 Å². The SMILES string of the molecule is Cn1ccnc1C(NC(=O)CCCNc1ccc([N+](=O)[O-])cc1)c1ccc(F)cc1. The largest absolute Gasteiger partial charge is 0.385 e. The first-order valence-electron chi connectivity index (χ1n) is 9.44. The van der Waals surface area contributed by atoms with Crippen LogP contribution in [-0.2, 0) is 11.8 Å². The number of hydrogen-bond donors (Lipinski definition) is 2. The zero-order valence-electron chi connectivity index (χ0n) is 16.4. The summed E-state index contributed by atoms with van der Waals surface area (Å²) in [6.45, 7) is 0.537. The third-order valence-electron chi connectivity index (χ3n) is 4.61. The smallest absolute Gasteiger partial charge is 0.269 e. The number of non-ortho nitro benzene ring substituents is 1. The van der Waals surface area contributed by atoms with Crippen molar-refractivity contribution in [2.45, 2.75) is 18.9 Å². The maximum absolute atomic E-state index is 13.3. The van der Waals surface area contributed by atoms with Gasteiger partial charge in [-0.2, -0.15) is 0 Å². The van der Waals surface area contributed by atoms with Gasteiger partial charge >= 0.3 is 0 Å². The standard InChI is InChI=1S/C21H22FN5O3/c1-26-14-13-24-21(26)20(15-4-6-16(22)7-5-15)25-19(28)3-2-12-23-17-8-10-18(11-9-17)27(29)30/h4-11,13-14,20,23H,2-3,12H2,1H3,(H,25,28). The first-order chi connectivity index (χ1) is 14.4. The number of carbonyl (C=O) groups is 1. The maximum Gasteiger partial charge on any atom is 0.269 e. The van der Waals surface area contributed by atoms with Gasteiger partial charge in [-0.15, -0.1) is 0 Å². The van der Waals surface area contributed by atoms with Crippen molar-refractivity contribution in [3.05, 3.63) is 88.2 Å². The number of amides is 1. The van der Waals surface area contributed by atoms with Gasteiger partial charge in [-0.1, -0.05) is 12.1 Å². The van der Waals surface area contributed by atoms with Crippen LogP contribution in [0, 0.1) is 15.9 Å². The summed E-state index contributed by atoms with van der Waals surface area (Å²) < 4.78 is 15.1. The van der Waals surface area contributed by atoms with E-state index in [9.17, 15) is 19.3 Å². The van der Waals surface area contributed by atoms with Crippen molar-refractivity contribution in [3.63, 3.8) is 0 Å². The van der Waals surface area contributed by atoms with Gasteiger partial charge in [0.25, 0.3) is 5.69 Å². The topological polar surface area (TPSA) is 102 Å². The molecule has 0 radical (unpaired) electrons. The molecule has 1 heterocycles. The highest BCUT2D eigenvalue weighted by Crippen LogP contribution is 2.21. The number of nitro benzene ring substituents is 1. The van der Waals surface area contributed by atoms with Gasteiger partial charge in [-0.05, 0) is 36.2 Å². The fraction of sp³-hybridized carbons (Fsp3) is 0.238. The molecule has 0 aliphatic heterocycles. The predicted octanol–water partition coefficient (Wildman–Crippen LogP) is 3.57. The number of halogens is 1. The zero-order valence-corrected chi connectivity index (χ0v) is 16.4. The Kier molecular flexibility index (Phi) is 6.74. The minimum Gasteiger partial charge on any atom is -0.385 e. The second-order valence-electron chi connectivity index (χ2n) is 6.78. The first kappa shape index (κ1) is 21.0. The number of hydrogen-bond acceptors (Lipinski definition) is 5. The number of nitrogens with zero attached hydrogens (tertiary/aromatic N) is 3.